The third-order valence-electron chi connectivity index (χ3n) is 6.75. The number of rotatable bonds is 13. The molecule has 0 saturated carbocycles. The number of esters is 1. The Morgan fingerprint density at radius 1 is 1.00 bits per heavy atom. The third kappa shape index (κ3) is 10.8. The van der Waals surface area contributed by atoms with Crippen molar-refractivity contribution in [3.8, 4) is 0 Å². The average Bonchev–Trinajstić information content (AvgIpc) is 3.42. The lowest BCUT2D eigenvalue weighted by molar-refractivity contribution is -0.164. The first-order chi connectivity index (χ1) is 19.9. The summed E-state index contributed by atoms with van der Waals surface area (Å²) in [7, 11) is 0. The first-order valence-corrected chi connectivity index (χ1v) is 14.2. The van der Waals surface area contributed by atoms with Crippen molar-refractivity contribution >= 4 is 23.9 Å². The van der Waals surface area contributed by atoms with Gasteiger partial charge < -0.3 is 30.9 Å². The fourth-order valence-electron chi connectivity index (χ4n) is 4.87. The maximum atomic E-state index is 13.4. The molecule has 0 aliphatic carbocycles. The van der Waals surface area contributed by atoms with Crippen LogP contribution in [0, 0.1) is 0 Å². The van der Waals surface area contributed by atoms with E-state index in [-0.39, 0.29) is 13.0 Å². The second-order valence-electron chi connectivity index (χ2n) is 11.5. The molecule has 1 aliphatic heterocycles. The van der Waals surface area contributed by atoms with Crippen molar-refractivity contribution in [1.29, 1.82) is 0 Å². The molecule has 42 heavy (non-hydrogen) atoms. The molecule has 11 heteroatoms. The summed E-state index contributed by atoms with van der Waals surface area (Å²) in [5.74, 6) is -1.83. The van der Waals surface area contributed by atoms with Gasteiger partial charge in [-0.1, -0.05) is 60.7 Å². The minimum atomic E-state index is -1.29. The molecule has 2 aromatic carbocycles. The molecular formula is C31H42N4O7. The number of benzene rings is 2. The van der Waals surface area contributed by atoms with Gasteiger partial charge in [0.05, 0.1) is 6.42 Å². The van der Waals surface area contributed by atoms with Gasteiger partial charge in [0.25, 0.3) is 0 Å². The predicted octanol–water partition coefficient (Wildman–Crippen LogP) is 2.40. The number of amides is 3. The van der Waals surface area contributed by atoms with Crippen LogP contribution in [-0.2, 0) is 36.9 Å². The van der Waals surface area contributed by atoms with E-state index >= 15 is 0 Å². The van der Waals surface area contributed by atoms with E-state index in [1.807, 2.05) is 36.4 Å². The number of likely N-dealkylation sites (tertiary alicyclic amines) is 1. The smallest absolute Gasteiger partial charge is 0.408 e. The van der Waals surface area contributed by atoms with Gasteiger partial charge in [-0.05, 0) is 51.2 Å². The second-order valence-corrected chi connectivity index (χ2v) is 11.5. The number of nitrogens with two attached hydrogens (primary N) is 1. The number of aliphatic hydroxyl groups is 1. The monoisotopic (exact) mass is 582 g/mol. The average molecular weight is 583 g/mol. The SMILES string of the molecule is CC(C)(C)OC(=O)[C@@H]1CCCN1[C@H](O)C[C@H](Cc1ccccc1)NC(=O)[C@H](CC(N)=O)NC(=O)OCc1ccccc1. The van der Waals surface area contributed by atoms with Gasteiger partial charge in [0.2, 0.25) is 11.8 Å². The maximum absolute atomic E-state index is 13.4. The molecule has 1 fully saturated rings. The van der Waals surface area contributed by atoms with E-state index in [9.17, 15) is 24.3 Å². The zero-order chi connectivity index (χ0) is 30.7. The molecule has 11 nitrogen and oxygen atoms in total. The fourth-order valence-corrected chi connectivity index (χ4v) is 4.87. The Morgan fingerprint density at radius 2 is 1.62 bits per heavy atom. The predicted molar refractivity (Wildman–Crippen MR) is 156 cm³/mol. The van der Waals surface area contributed by atoms with Crippen molar-refractivity contribution in [2.75, 3.05) is 6.54 Å². The van der Waals surface area contributed by atoms with Crippen molar-refractivity contribution in [3.63, 3.8) is 0 Å². The van der Waals surface area contributed by atoms with E-state index in [0.717, 1.165) is 11.1 Å². The van der Waals surface area contributed by atoms with Gasteiger partial charge in [-0.2, -0.15) is 0 Å². The Labute approximate surface area is 246 Å². The van der Waals surface area contributed by atoms with Crippen LogP contribution in [0.25, 0.3) is 0 Å². The standard InChI is InChI=1S/C31H42N4O7/c1-31(2,3)42-29(39)25-15-10-16-35(25)27(37)18-23(17-21-11-6-4-7-12-21)33-28(38)24(19-26(32)36)34-30(40)41-20-22-13-8-5-9-14-22/h4-9,11-14,23-25,27,37H,10,15-20H2,1-3H3,(H2,32,36)(H,33,38)(H,34,40)/t23-,24-,25-,27+/m0/s1. The Morgan fingerprint density at radius 3 is 2.21 bits per heavy atom. The molecule has 1 heterocycles. The molecule has 3 rings (SSSR count). The van der Waals surface area contributed by atoms with Crippen LogP contribution in [0.1, 0.15) is 57.6 Å². The zero-order valence-corrected chi connectivity index (χ0v) is 24.5. The molecule has 0 aromatic heterocycles. The quantitative estimate of drug-likeness (QED) is 0.262. The van der Waals surface area contributed by atoms with E-state index in [2.05, 4.69) is 10.6 Å². The van der Waals surface area contributed by atoms with E-state index in [0.29, 0.717) is 25.8 Å². The Balaban J connectivity index is 1.70. The van der Waals surface area contributed by atoms with Crippen LogP contribution in [0.5, 0.6) is 0 Å². The third-order valence-corrected chi connectivity index (χ3v) is 6.75. The lowest BCUT2D eigenvalue weighted by Gasteiger charge is -2.33. The molecule has 4 atom stereocenters. The highest BCUT2D eigenvalue weighted by Gasteiger charge is 2.38. The van der Waals surface area contributed by atoms with Crippen molar-refractivity contribution in [3.05, 3.63) is 71.8 Å². The topological polar surface area (TPSA) is 160 Å². The van der Waals surface area contributed by atoms with Gasteiger partial charge in [0, 0.05) is 19.0 Å². The van der Waals surface area contributed by atoms with Crippen LogP contribution in [0.4, 0.5) is 4.79 Å². The summed E-state index contributed by atoms with van der Waals surface area (Å²) < 4.78 is 10.8. The molecule has 0 bridgehead atoms. The molecule has 2 aromatic rings. The first kappa shape index (κ1) is 32.6. The van der Waals surface area contributed by atoms with E-state index in [1.165, 1.54) is 0 Å². The number of hydrogen-bond donors (Lipinski definition) is 4. The number of carbonyl (C=O) groups excluding carboxylic acids is 4. The van der Waals surface area contributed by atoms with Gasteiger partial charge in [-0.3, -0.25) is 19.3 Å². The number of nitrogens with zero attached hydrogens (tertiary/aromatic N) is 1. The molecule has 0 spiro atoms. The van der Waals surface area contributed by atoms with Crippen LogP contribution in [-0.4, -0.2) is 70.4 Å². The highest BCUT2D eigenvalue weighted by Crippen LogP contribution is 2.25. The summed E-state index contributed by atoms with van der Waals surface area (Å²) in [4.78, 5) is 52.1. The van der Waals surface area contributed by atoms with Crippen molar-refractivity contribution in [1.82, 2.24) is 15.5 Å². The van der Waals surface area contributed by atoms with Crippen LogP contribution in [0.2, 0.25) is 0 Å². The Kier molecular flexibility index (Phi) is 11.9. The number of aliphatic hydroxyl groups excluding tert-OH is 1. The molecule has 1 saturated heterocycles. The minimum absolute atomic E-state index is 0.0188. The highest BCUT2D eigenvalue weighted by molar-refractivity contribution is 5.90. The second kappa shape index (κ2) is 15.3. The molecule has 0 unspecified atom stereocenters. The molecular weight excluding hydrogens is 540 g/mol. The van der Waals surface area contributed by atoms with E-state index < -0.39 is 60.3 Å². The Bertz CT molecular complexity index is 1190. The van der Waals surface area contributed by atoms with Crippen molar-refractivity contribution in [2.45, 2.75) is 89.4 Å². The highest BCUT2D eigenvalue weighted by atomic mass is 16.6. The van der Waals surface area contributed by atoms with Crippen LogP contribution < -0.4 is 16.4 Å². The van der Waals surface area contributed by atoms with Crippen LogP contribution in [0.3, 0.4) is 0 Å². The van der Waals surface area contributed by atoms with Crippen LogP contribution in [0.15, 0.2) is 60.7 Å². The van der Waals surface area contributed by atoms with Gasteiger partial charge in [0.1, 0.15) is 30.5 Å². The largest absolute Gasteiger partial charge is 0.459 e. The number of nitrogens with one attached hydrogen (secondary N) is 2. The van der Waals surface area contributed by atoms with Gasteiger partial charge in [0.15, 0.2) is 0 Å². The number of hydrogen-bond acceptors (Lipinski definition) is 8. The lowest BCUT2D eigenvalue weighted by Crippen LogP contribution is -2.53. The molecule has 3 amide bonds. The zero-order valence-electron chi connectivity index (χ0n) is 24.5. The maximum Gasteiger partial charge on any atom is 0.408 e. The summed E-state index contributed by atoms with van der Waals surface area (Å²) in [6.45, 7) is 5.85. The van der Waals surface area contributed by atoms with Crippen molar-refractivity contribution in [2.24, 2.45) is 5.73 Å². The number of alkyl carbamates (subject to hydrolysis) is 1. The molecule has 228 valence electrons. The van der Waals surface area contributed by atoms with Gasteiger partial charge >= 0.3 is 12.1 Å². The van der Waals surface area contributed by atoms with E-state index in [1.54, 1.807) is 49.9 Å². The van der Waals surface area contributed by atoms with Gasteiger partial charge in [-0.25, -0.2) is 4.79 Å². The molecule has 5 N–H and O–H groups in total. The molecule has 1 aliphatic rings. The molecule has 0 radical (unpaired) electrons. The summed E-state index contributed by atoms with van der Waals surface area (Å²) in [5.41, 5.74) is 6.37. The van der Waals surface area contributed by atoms with Gasteiger partial charge in [-0.15, -0.1) is 0 Å². The number of primary amides is 1. The fraction of sp³-hybridized carbons (Fsp3) is 0.484. The summed E-state index contributed by atoms with van der Waals surface area (Å²) >= 11 is 0. The van der Waals surface area contributed by atoms with Crippen molar-refractivity contribution < 1.29 is 33.8 Å². The summed E-state index contributed by atoms with van der Waals surface area (Å²) in [6.07, 6.45) is -0.670. The normalized spacial score (nSPS) is 17.5. The Hall–Kier alpha value is -3.96. The lowest BCUT2D eigenvalue weighted by atomic mass is 10.0. The summed E-state index contributed by atoms with van der Waals surface area (Å²) in [6, 6.07) is 15.9. The number of carbonyl (C=O) groups is 4. The minimum Gasteiger partial charge on any atom is -0.459 e. The summed E-state index contributed by atoms with van der Waals surface area (Å²) in [5, 5.41) is 16.5. The van der Waals surface area contributed by atoms with Crippen LogP contribution >= 0.6 is 0 Å². The van der Waals surface area contributed by atoms with E-state index in [4.69, 9.17) is 15.2 Å². The first-order valence-electron chi connectivity index (χ1n) is 14.2. The number of ether oxygens (including phenoxy) is 2.